The Kier molecular flexibility index (Phi) is 2.41. The van der Waals surface area contributed by atoms with E-state index < -0.39 is 0 Å². The second-order valence-corrected chi connectivity index (χ2v) is 3.61. The number of fused-ring (bicyclic) bond motifs is 1. The summed E-state index contributed by atoms with van der Waals surface area (Å²) in [5, 5.41) is 2.58. The SMILES string of the molecule is CN1CCc2cc(NC=O)ccc2C1=O. The van der Waals surface area contributed by atoms with E-state index in [2.05, 4.69) is 5.32 Å². The minimum Gasteiger partial charge on any atom is -0.341 e. The monoisotopic (exact) mass is 204 g/mol. The van der Waals surface area contributed by atoms with Crippen molar-refractivity contribution in [2.24, 2.45) is 0 Å². The first-order valence-corrected chi connectivity index (χ1v) is 4.81. The van der Waals surface area contributed by atoms with Crippen molar-refractivity contribution >= 4 is 18.0 Å². The van der Waals surface area contributed by atoms with Crippen LogP contribution in [-0.4, -0.2) is 30.8 Å². The van der Waals surface area contributed by atoms with Crippen molar-refractivity contribution in [3.05, 3.63) is 29.3 Å². The van der Waals surface area contributed by atoms with E-state index in [9.17, 15) is 9.59 Å². The van der Waals surface area contributed by atoms with Crippen LogP contribution in [0.2, 0.25) is 0 Å². The highest BCUT2D eigenvalue weighted by Gasteiger charge is 2.21. The molecule has 0 saturated carbocycles. The van der Waals surface area contributed by atoms with Gasteiger partial charge in [0.05, 0.1) is 0 Å². The van der Waals surface area contributed by atoms with Gasteiger partial charge in [-0.25, -0.2) is 0 Å². The van der Waals surface area contributed by atoms with Crippen LogP contribution < -0.4 is 5.32 Å². The van der Waals surface area contributed by atoms with E-state index >= 15 is 0 Å². The maximum Gasteiger partial charge on any atom is 0.253 e. The second kappa shape index (κ2) is 3.73. The molecule has 0 bridgehead atoms. The van der Waals surface area contributed by atoms with Gasteiger partial charge in [0, 0.05) is 24.8 Å². The van der Waals surface area contributed by atoms with E-state index in [1.807, 2.05) is 6.07 Å². The van der Waals surface area contributed by atoms with Crippen molar-refractivity contribution in [2.45, 2.75) is 6.42 Å². The van der Waals surface area contributed by atoms with E-state index in [4.69, 9.17) is 0 Å². The van der Waals surface area contributed by atoms with Crippen molar-refractivity contribution in [2.75, 3.05) is 18.9 Å². The Hall–Kier alpha value is -1.84. The second-order valence-electron chi connectivity index (χ2n) is 3.61. The Morgan fingerprint density at radius 1 is 1.47 bits per heavy atom. The van der Waals surface area contributed by atoms with Crippen LogP contribution in [0.1, 0.15) is 15.9 Å². The highest BCUT2D eigenvalue weighted by atomic mass is 16.2. The summed E-state index contributed by atoms with van der Waals surface area (Å²) in [6.45, 7) is 0.733. The number of hydrogen-bond acceptors (Lipinski definition) is 2. The number of hydrogen-bond donors (Lipinski definition) is 1. The minimum atomic E-state index is 0.0499. The molecule has 2 rings (SSSR count). The molecule has 1 aromatic rings. The van der Waals surface area contributed by atoms with Gasteiger partial charge in [0.1, 0.15) is 0 Å². The number of benzene rings is 1. The summed E-state index contributed by atoms with van der Waals surface area (Å²) in [6, 6.07) is 5.36. The third-order valence-corrected chi connectivity index (χ3v) is 2.62. The van der Waals surface area contributed by atoms with Gasteiger partial charge >= 0.3 is 0 Å². The zero-order valence-electron chi connectivity index (χ0n) is 8.49. The fourth-order valence-electron chi connectivity index (χ4n) is 1.76. The lowest BCUT2D eigenvalue weighted by atomic mass is 9.99. The topological polar surface area (TPSA) is 49.4 Å². The summed E-state index contributed by atoms with van der Waals surface area (Å²) < 4.78 is 0. The van der Waals surface area contributed by atoms with Crippen molar-refractivity contribution in [1.29, 1.82) is 0 Å². The molecule has 1 aliphatic heterocycles. The molecule has 0 radical (unpaired) electrons. The van der Waals surface area contributed by atoms with Gasteiger partial charge in [-0.1, -0.05) is 0 Å². The summed E-state index contributed by atoms with van der Waals surface area (Å²) in [6.07, 6.45) is 1.48. The van der Waals surface area contributed by atoms with Gasteiger partial charge in [-0.05, 0) is 30.2 Å². The molecule has 1 aliphatic rings. The Bertz CT molecular complexity index is 415. The molecule has 1 aromatic carbocycles. The van der Waals surface area contributed by atoms with Crippen LogP contribution in [0, 0.1) is 0 Å². The van der Waals surface area contributed by atoms with Crippen LogP contribution in [0.3, 0.4) is 0 Å². The van der Waals surface area contributed by atoms with Crippen LogP contribution in [0.4, 0.5) is 5.69 Å². The van der Waals surface area contributed by atoms with Crippen molar-refractivity contribution < 1.29 is 9.59 Å². The minimum absolute atomic E-state index is 0.0499. The summed E-state index contributed by atoms with van der Waals surface area (Å²) in [4.78, 5) is 23.7. The largest absolute Gasteiger partial charge is 0.341 e. The lowest BCUT2D eigenvalue weighted by Crippen LogP contribution is -2.34. The molecular formula is C11H12N2O2. The molecule has 0 saturated heterocycles. The van der Waals surface area contributed by atoms with E-state index in [1.165, 1.54) is 0 Å². The number of carbonyl (C=O) groups is 2. The van der Waals surface area contributed by atoms with Crippen LogP contribution >= 0.6 is 0 Å². The fourth-order valence-corrected chi connectivity index (χ4v) is 1.76. The molecule has 4 heteroatoms. The fraction of sp³-hybridized carbons (Fsp3) is 0.273. The van der Waals surface area contributed by atoms with Crippen LogP contribution in [0.25, 0.3) is 0 Å². The number of carbonyl (C=O) groups excluding carboxylic acids is 2. The molecule has 0 spiro atoms. The summed E-state index contributed by atoms with van der Waals surface area (Å²) >= 11 is 0. The molecule has 0 aliphatic carbocycles. The number of nitrogens with one attached hydrogen (secondary N) is 1. The quantitative estimate of drug-likeness (QED) is 0.727. The molecule has 0 fully saturated rings. The maximum absolute atomic E-state index is 11.7. The summed E-state index contributed by atoms with van der Waals surface area (Å²) in [7, 11) is 1.79. The zero-order chi connectivity index (χ0) is 10.8. The van der Waals surface area contributed by atoms with Crippen LogP contribution in [-0.2, 0) is 11.2 Å². The Labute approximate surface area is 87.9 Å². The zero-order valence-corrected chi connectivity index (χ0v) is 8.49. The lowest BCUT2D eigenvalue weighted by molar-refractivity contribution is -0.105. The van der Waals surface area contributed by atoms with E-state index in [0.29, 0.717) is 6.41 Å². The molecule has 4 nitrogen and oxygen atoms in total. The molecule has 0 aromatic heterocycles. The molecule has 1 heterocycles. The first-order chi connectivity index (χ1) is 7.22. The van der Waals surface area contributed by atoms with Gasteiger partial charge in [-0.3, -0.25) is 9.59 Å². The predicted octanol–water partition coefficient (Wildman–Crippen LogP) is 0.883. The molecule has 15 heavy (non-hydrogen) atoms. The third-order valence-electron chi connectivity index (χ3n) is 2.62. The highest BCUT2D eigenvalue weighted by Crippen LogP contribution is 2.21. The van der Waals surface area contributed by atoms with E-state index in [0.717, 1.165) is 29.8 Å². The summed E-state index contributed by atoms with van der Waals surface area (Å²) in [5.74, 6) is 0.0499. The first kappa shape index (κ1) is 9.71. The van der Waals surface area contributed by atoms with Gasteiger partial charge in [0.25, 0.3) is 5.91 Å². The summed E-state index contributed by atoms with van der Waals surface area (Å²) in [5.41, 5.74) is 2.48. The third kappa shape index (κ3) is 1.70. The van der Waals surface area contributed by atoms with Gasteiger partial charge in [-0.15, -0.1) is 0 Å². The van der Waals surface area contributed by atoms with Gasteiger partial charge in [0.2, 0.25) is 6.41 Å². The Morgan fingerprint density at radius 3 is 3.00 bits per heavy atom. The molecule has 2 amide bonds. The Balaban J connectivity index is 2.38. The number of likely N-dealkylation sites (N-methyl/N-ethyl adjacent to an activating group) is 1. The maximum atomic E-state index is 11.7. The number of nitrogens with zero attached hydrogens (tertiary/aromatic N) is 1. The van der Waals surface area contributed by atoms with E-state index in [1.54, 1.807) is 24.1 Å². The molecule has 0 atom stereocenters. The molecule has 1 N–H and O–H groups in total. The van der Waals surface area contributed by atoms with Gasteiger partial charge in [0.15, 0.2) is 0 Å². The lowest BCUT2D eigenvalue weighted by Gasteiger charge is -2.24. The normalized spacial score (nSPS) is 14.7. The predicted molar refractivity (Wildman–Crippen MR) is 56.8 cm³/mol. The van der Waals surface area contributed by atoms with Crippen molar-refractivity contribution in [1.82, 2.24) is 4.90 Å². The van der Waals surface area contributed by atoms with E-state index in [-0.39, 0.29) is 5.91 Å². The molecule has 0 unspecified atom stereocenters. The number of rotatable bonds is 2. The number of amides is 2. The smallest absolute Gasteiger partial charge is 0.253 e. The highest BCUT2D eigenvalue weighted by molar-refractivity contribution is 5.97. The first-order valence-electron chi connectivity index (χ1n) is 4.81. The molecule has 78 valence electrons. The van der Waals surface area contributed by atoms with Crippen LogP contribution in [0.15, 0.2) is 18.2 Å². The average Bonchev–Trinajstić information content (AvgIpc) is 2.24. The standard InChI is InChI=1S/C11H12N2O2/c1-13-5-4-8-6-9(12-7-14)2-3-10(8)11(13)15/h2-3,6-7H,4-5H2,1H3,(H,12,14). The van der Waals surface area contributed by atoms with Crippen molar-refractivity contribution in [3.63, 3.8) is 0 Å². The Morgan fingerprint density at radius 2 is 2.27 bits per heavy atom. The van der Waals surface area contributed by atoms with Crippen LogP contribution in [0.5, 0.6) is 0 Å². The number of anilines is 1. The van der Waals surface area contributed by atoms with Gasteiger partial charge < -0.3 is 10.2 Å². The average molecular weight is 204 g/mol. The van der Waals surface area contributed by atoms with Crippen molar-refractivity contribution in [3.8, 4) is 0 Å². The molecular weight excluding hydrogens is 192 g/mol. The van der Waals surface area contributed by atoms with Gasteiger partial charge in [-0.2, -0.15) is 0 Å².